The molecule has 1 aromatic carbocycles. The highest BCUT2D eigenvalue weighted by atomic mass is 28.3. The van der Waals surface area contributed by atoms with Crippen molar-refractivity contribution in [2.24, 2.45) is 11.3 Å². The lowest BCUT2D eigenvalue weighted by atomic mass is 9.82. The average Bonchev–Trinajstić information content (AvgIpc) is 3.18. The van der Waals surface area contributed by atoms with E-state index < -0.39 is 9.04 Å². The van der Waals surface area contributed by atoms with E-state index in [0.29, 0.717) is 5.92 Å². The number of benzene rings is 1. The Labute approximate surface area is 124 Å². The second kappa shape index (κ2) is 6.00. The van der Waals surface area contributed by atoms with E-state index >= 15 is 0 Å². The Bertz CT molecular complexity index is 447. The summed E-state index contributed by atoms with van der Waals surface area (Å²) in [6.45, 7) is 11.0. The third kappa shape index (κ3) is 3.71. The van der Waals surface area contributed by atoms with Crippen LogP contribution in [-0.4, -0.2) is 14.1 Å². The third-order valence-electron chi connectivity index (χ3n) is 3.81. The zero-order chi connectivity index (χ0) is 14.9. The van der Waals surface area contributed by atoms with Crippen molar-refractivity contribution >= 4 is 9.04 Å². The van der Waals surface area contributed by atoms with Crippen LogP contribution in [0.2, 0.25) is 13.1 Å². The Balaban J connectivity index is 2.37. The number of hydrogen-bond acceptors (Lipinski definition) is 2. The molecular formula is C17H27O2Si. The van der Waals surface area contributed by atoms with Crippen molar-refractivity contribution in [3.63, 3.8) is 0 Å². The van der Waals surface area contributed by atoms with Crippen LogP contribution in [0.15, 0.2) is 24.3 Å². The van der Waals surface area contributed by atoms with Crippen molar-refractivity contribution in [3.05, 3.63) is 35.4 Å². The third-order valence-corrected chi connectivity index (χ3v) is 4.51. The molecule has 1 N–H and O–H groups in total. The minimum atomic E-state index is -0.791. The van der Waals surface area contributed by atoms with Gasteiger partial charge in [-0.25, -0.2) is 0 Å². The van der Waals surface area contributed by atoms with Gasteiger partial charge in [-0.15, -0.1) is 0 Å². The maximum absolute atomic E-state index is 10.5. The first kappa shape index (κ1) is 15.7. The number of aliphatic hydroxyl groups excluding tert-OH is 1. The second-order valence-corrected chi connectivity index (χ2v) is 9.24. The highest BCUT2D eigenvalue weighted by Crippen LogP contribution is 2.45. The van der Waals surface area contributed by atoms with E-state index in [-0.39, 0.29) is 17.6 Å². The maximum atomic E-state index is 10.5. The first-order chi connectivity index (χ1) is 9.30. The van der Waals surface area contributed by atoms with Crippen LogP contribution < -0.4 is 0 Å². The summed E-state index contributed by atoms with van der Waals surface area (Å²) in [6, 6.07) is 8.27. The second-order valence-electron chi connectivity index (χ2n) is 7.18. The largest absolute Gasteiger partial charge is 0.410 e. The predicted octanol–water partition coefficient (Wildman–Crippen LogP) is 4.48. The van der Waals surface area contributed by atoms with Gasteiger partial charge in [-0.05, 0) is 48.4 Å². The molecule has 0 spiro atoms. The minimum Gasteiger partial charge on any atom is -0.410 e. The van der Waals surface area contributed by atoms with Gasteiger partial charge in [-0.3, -0.25) is 0 Å². The zero-order valence-corrected chi connectivity index (χ0v) is 14.3. The van der Waals surface area contributed by atoms with E-state index in [1.54, 1.807) is 0 Å². The monoisotopic (exact) mass is 291 g/mol. The fourth-order valence-corrected chi connectivity index (χ4v) is 3.58. The molecule has 0 aliphatic heterocycles. The van der Waals surface area contributed by atoms with E-state index in [9.17, 15) is 5.11 Å². The van der Waals surface area contributed by atoms with Gasteiger partial charge in [0.1, 0.15) is 0 Å². The summed E-state index contributed by atoms with van der Waals surface area (Å²) in [5.74, 6) is 0.449. The number of aliphatic hydroxyl groups is 1. The Kier molecular flexibility index (Phi) is 4.72. The Morgan fingerprint density at radius 2 is 1.70 bits per heavy atom. The van der Waals surface area contributed by atoms with Gasteiger partial charge in [0, 0.05) is 0 Å². The maximum Gasteiger partial charge on any atom is 0.205 e. The van der Waals surface area contributed by atoms with Gasteiger partial charge in [0.15, 0.2) is 0 Å². The van der Waals surface area contributed by atoms with Crippen LogP contribution in [0, 0.1) is 11.3 Å². The molecule has 0 amide bonds. The molecule has 2 nitrogen and oxygen atoms in total. The van der Waals surface area contributed by atoms with Crippen molar-refractivity contribution in [2.75, 3.05) is 0 Å². The molecule has 1 aliphatic rings. The molecule has 1 saturated carbocycles. The molecule has 2 rings (SSSR count). The summed E-state index contributed by atoms with van der Waals surface area (Å²) < 4.78 is 6.28. The first-order valence-corrected chi connectivity index (χ1v) is 9.95. The van der Waals surface area contributed by atoms with Gasteiger partial charge < -0.3 is 9.53 Å². The van der Waals surface area contributed by atoms with E-state index in [2.05, 4.69) is 52.1 Å². The lowest BCUT2D eigenvalue weighted by molar-refractivity contribution is 0.0800. The van der Waals surface area contributed by atoms with Crippen LogP contribution in [-0.2, 0) is 4.43 Å². The standard InChI is InChI=1S/C17H27O2Si/c1-17(2,3)16(19-20(4)5)14-9-7-6-8-13(14)15(18)12-10-11-12/h6-9,12,15-16,18H,10-11H2,1-5H3. The normalized spacial score (nSPS) is 19.1. The lowest BCUT2D eigenvalue weighted by Gasteiger charge is -2.34. The summed E-state index contributed by atoms with van der Waals surface area (Å²) in [6.07, 6.45) is 2.01. The summed E-state index contributed by atoms with van der Waals surface area (Å²) in [5, 5.41) is 10.5. The van der Waals surface area contributed by atoms with Crippen molar-refractivity contribution in [1.29, 1.82) is 0 Å². The molecule has 2 unspecified atom stereocenters. The fraction of sp³-hybridized carbons (Fsp3) is 0.647. The van der Waals surface area contributed by atoms with E-state index in [4.69, 9.17) is 4.43 Å². The molecule has 0 saturated heterocycles. The molecule has 1 aliphatic carbocycles. The fourth-order valence-electron chi connectivity index (χ4n) is 2.63. The van der Waals surface area contributed by atoms with Crippen molar-refractivity contribution < 1.29 is 9.53 Å². The van der Waals surface area contributed by atoms with Gasteiger partial charge in [-0.2, -0.15) is 0 Å². The highest BCUT2D eigenvalue weighted by molar-refractivity contribution is 6.48. The quantitative estimate of drug-likeness (QED) is 0.810. The highest BCUT2D eigenvalue weighted by Gasteiger charge is 2.36. The minimum absolute atomic E-state index is 0.0291. The molecule has 0 aromatic heterocycles. The van der Waals surface area contributed by atoms with E-state index in [1.165, 1.54) is 5.56 Å². The van der Waals surface area contributed by atoms with Crippen LogP contribution in [0.3, 0.4) is 0 Å². The van der Waals surface area contributed by atoms with Gasteiger partial charge >= 0.3 is 0 Å². The van der Waals surface area contributed by atoms with Gasteiger partial charge in [0.05, 0.1) is 12.2 Å². The van der Waals surface area contributed by atoms with Crippen molar-refractivity contribution in [1.82, 2.24) is 0 Å². The van der Waals surface area contributed by atoms with Gasteiger partial charge in [0.25, 0.3) is 0 Å². The molecule has 20 heavy (non-hydrogen) atoms. The molecule has 1 radical (unpaired) electrons. The molecule has 0 bridgehead atoms. The molecule has 1 aromatic rings. The molecule has 111 valence electrons. The van der Waals surface area contributed by atoms with Crippen LogP contribution >= 0.6 is 0 Å². The molecule has 2 atom stereocenters. The van der Waals surface area contributed by atoms with E-state index in [1.807, 2.05) is 6.07 Å². The SMILES string of the molecule is C[Si](C)OC(c1ccccc1C(O)C1CC1)C(C)(C)C. The summed E-state index contributed by atoms with van der Waals surface area (Å²) in [7, 11) is -0.791. The van der Waals surface area contributed by atoms with Crippen LogP contribution in [0.4, 0.5) is 0 Å². The van der Waals surface area contributed by atoms with E-state index in [0.717, 1.165) is 18.4 Å². The van der Waals surface area contributed by atoms with Crippen molar-refractivity contribution in [3.8, 4) is 0 Å². The topological polar surface area (TPSA) is 29.5 Å². The van der Waals surface area contributed by atoms with Crippen molar-refractivity contribution in [2.45, 2.75) is 58.9 Å². The summed E-state index contributed by atoms with van der Waals surface area (Å²) in [4.78, 5) is 0. The van der Waals surface area contributed by atoms with Crippen LogP contribution in [0.25, 0.3) is 0 Å². The summed E-state index contributed by atoms with van der Waals surface area (Å²) >= 11 is 0. The molecule has 3 heteroatoms. The molecule has 1 fully saturated rings. The predicted molar refractivity (Wildman–Crippen MR) is 84.9 cm³/mol. The Morgan fingerprint density at radius 3 is 2.15 bits per heavy atom. The van der Waals surface area contributed by atoms with Gasteiger partial charge in [0.2, 0.25) is 9.04 Å². The zero-order valence-electron chi connectivity index (χ0n) is 13.3. The first-order valence-electron chi connectivity index (χ1n) is 7.54. The van der Waals surface area contributed by atoms with Gasteiger partial charge in [-0.1, -0.05) is 45.0 Å². The Hall–Kier alpha value is -0.643. The number of rotatable bonds is 5. The molecular weight excluding hydrogens is 264 g/mol. The molecule has 0 heterocycles. The van der Waals surface area contributed by atoms with Crippen LogP contribution in [0.5, 0.6) is 0 Å². The number of hydrogen-bond donors (Lipinski definition) is 1. The summed E-state index contributed by atoms with van der Waals surface area (Å²) in [5.41, 5.74) is 2.27. The average molecular weight is 291 g/mol. The smallest absolute Gasteiger partial charge is 0.205 e. The van der Waals surface area contributed by atoms with Crippen LogP contribution in [0.1, 0.15) is 56.9 Å². The Morgan fingerprint density at radius 1 is 1.15 bits per heavy atom. The lowest BCUT2D eigenvalue weighted by Crippen LogP contribution is -2.27.